The summed E-state index contributed by atoms with van der Waals surface area (Å²) in [4.78, 5) is 27.3. The average Bonchev–Trinajstić information content (AvgIpc) is 3.01. The van der Waals surface area contributed by atoms with Crippen molar-refractivity contribution in [1.29, 1.82) is 0 Å². The minimum atomic E-state index is -4.49. The van der Waals surface area contributed by atoms with E-state index in [1.165, 1.54) is 12.1 Å². The third kappa shape index (κ3) is 5.36. The van der Waals surface area contributed by atoms with Gasteiger partial charge in [0.15, 0.2) is 0 Å². The SMILES string of the molecule is CC(C)(C)OC(=O)N[C@@]1(Sc2ccc(C(F)(F)F)cc2)C(=O)N(Cc2ccccc2)c2ccccc21. The van der Waals surface area contributed by atoms with Crippen LogP contribution >= 0.6 is 11.8 Å². The zero-order valence-electron chi connectivity index (χ0n) is 19.9. The Morgan fingerprint density at radius 1 is 0.944 bits per heavy atom. The minimum Gasteiger partial charge on any atom is -0.444 e. The Kier molecular flexibility index (Phi) is 6.79. The molecule has 0 bridgehead atoms. The van der Waals surface area contributed by atoms with Gasteiger partial charge in [-0.25, -0.2) is 4.79 Å². The van der Waals surface area contributed by atoms with Crippen LogP contribution < -0.4 is 10.2 Å². The van der Waals surface area contributed by atoms with E-state index in [1.807, 2.05) is 30.3 Å². The van der Waals surface area contributed by atoms with Gasteiger partial charge in [0, 0.05) is 10.5 Å². The van der Waals surface area contributed by atoms with Gasteiger partial charge in [-0.2, -0.15) is 13.2 Å². The van der Waals surface area contributed by atoms with Crippen molar-refractivity contribution in [2.45, 2.75) is 48.9 Å². The quantitative estimate of drug-likeness (QED) is 0.384. The summed E-state index contributed by atoms with van der Waals surface area (Å²) in [5.74, 6) is -0.427. The maximum Gasteiger partial charge on any atom is 0.416 e. The van der Waals surface area contributed by atoms with Crippen LogP contribution in [-0.4, -0.2) is 17.6 Å². The molecule has 0 saturated carbocycles. The molecule has 2 amide bonds. The van der Waals surface area contributed by atoms with Gasteiger partial charge >= 0.3 is 12.3 Å². The number of benzene rings is 3. The molecule has 3 aromatic carbocycles. The Labute approximate surface area is 211 Å². The van der Waals surface area contributed by atoms with Crippen LogP contribution in [0.3, 0.4) is 0 Å². The summed E-state index contributed by atoms with van der Waals surface area (Å²) in [5, 5.41) is 2.75. The fourth-order valence-corrected chi connectivity index (χ4v) is 5.17. The van der Waals surface area contributed by atoms with Gasteiger partial charge in [0.1, 0.15) is 5.60 Å². The zero-order chi connectivity index (χ0) is 26.1. The largest absolute Gasteiger partial charge is 0.444 e. The Hall–Kier alpha value is -3.46. The van der Waals surface area contributed by atoms with Crippen molar-refractivity contribution in [3.05, 3.63) is 95.6 Å². The summed E-state index contributed by atoms with van der Waals surface area (Å²) in [6, 6.07) is 20.9. The number of fused-ring (bicyclic) bond motifs is 1. The summed E-state index contributed by atoms with van der Waals surface area (Å²) in [6.07, 6.45) is -5.30. The van der Waals surface area contributed by atoms with Crippen LogP contribution in [0, 0.1) is 0 Å². The Morgan fingerprint density at radius 3 is 2.17 bits per heavy atom. The molecular weight excluding hydrogens is 489 g/mol. The van der Waals surface area contributed by atoms with Crippen molar-refractivity contribution in [3.8, 4) is 0 Å². The van der Waals surface area contributed by atoms with Crippen molar-refractivity contribution in [3.63, 3.8) is 0 Å². The highest BCUT2D eigenvalue weighted by atomic mass is 32.2. The number of rotatable bonds is 5. The molecule has 0 radical (unpaired) electrons. The molecule has 1 aliphatic rings. The van der Waals surface area contributed by atoms with Crippen LogP contribution in [0.25, 0.3) is 0 Å². The Bertz CT molecular complexity index is 1260. The molecule has 0 saturated heterocycles. The van der Waals surface area contributed by atoms with E-state index in [9.17, 15) is 22.8 Å². The molecule has 0 fully saturated rings. The number of halogens is 3. The molecule has 36 heavy (non-hydrogen) atoms. The molecule has 0 spiro atoms. The molecule has 188 valence electrons. The average molecular weight is 515 g/mol. The van der Waals surface area contributed by atoms with Gasteiger partial charge in [0.2, 0.25) is 4.87 Å². The lowest BCUT2D eigenvalue weighted by Crippen LogP contribution is -2.51. The van der Waals surface area contributed by atoms with Crippen molar-refractivity contribution in [2.24, 2.45) is 0 Å². The molecule has 1 N–H and O–H groups in total. The highest BCUT2D eigenvalue weighted by Gasteiger charge is 2.53. The van der Waals surface area contributed by atoms with Gasteiger partial charge in [0.05, 0.1) is 17.8 Å². The molecule has 0 unspecified atom stereocenters. The smallest absolute Gasteiger partial charge is 0.416 e. The predicted molar refractivity (Wildman–Crippen MR) is 132 cm³/mol. The molecule has 5 nitrogen and oxygen atoms in total. The second-order valence-electron chi connectivity index (χ2n) is 9.33. The standard InChI is InChI=1S/C27H25F3N2O3S/c1-25(2,3)35-24(34)31-26(36-20-15-13-19(14-16-20)27(28,29)30)21-11-7-8-12-22(21)32(23(26)33)17-18-9-5-4-6-10-18/h4-16H,17H2,1-3H3,(H,31,34)/t26-/m0/s1. The molecule has 0 aliphatic carbocycles. The fraction of sp³-hybridized carbons (Fsp3) is 0.259. The monoisotopic (exact) mass is 514 g/mol. The number of alkyl carbamates (subject to hydrolysis) is 1. The molecule has 3 aromatic rings. The lowest BCUT2D eigenvalue weighted by atomic mass is 10.1. The number of nitrogens with one attached hydrogen (secondary N) is 1. The maximum atomic E-state index is 14.1. The van der Waals surface area contributed by atoms with E-state index in [0.717, 1.165) is 29.5 Å². The van der Waals surface area contributed by atoms with Gasteiger partial charge in [0.25, 0.3) is 5.91 Å². The third-order valence-corrected chi connectivity index (χ3v) is 6.74. The van der Waals surface area contributed by atoms with Crippen molar-refractivity contribution >= 4 is 29.4 Å². The van der Waals surface area contributed by atoms with Crippen LogP contribution in [0.1, 0.15) is 37.5 Å². The van der Waals surface area contributed by atoms with Crippen LogP contribution in [-0.2, 0) is 27.1 Å². The van der Waals surface area contributed by atoms with E-state index in [0.29, 0.717) is 16.1 Å². The lowest BCUT2D eigenvalue weighted by molar-refractivity contribution is -0.137. The second-order valence-corrected chi connectivity index (χ2v) is 10.6. The maximum absolute atomic E-state index is 14.1. The Morgan fingerprint density at radius 2 is 1.56 bits per heavy atom. The molecule has 0 aromatic heterocycles. The van der Waals surface area contributed by atoms with E-state index in [-0.39, 0.29) is 6.54 Å². The number of ether oxygens (including phenoxy) is 1. The third-order valence-electron chi connectivity index (χ3n) is 5.43. The van der Waals surface area contributed by atoms with E-state index in [2.05, 4.69) is 5.32 Å². The number of hydrogen-bond donors (Lipinski definition) is 1. The van der Waals surface area contributed by atoms with Gasteiger partial charge in [-0.3, -0.25) is 10.1 Å². The summed E-state index contributed by atoms with van der Waals surface area (Å²) in [5.41, 5.74) is 0.372. The molecule has 4 rings (SSSR count). The van der Waals surface area contributed by atoms with E-state index in [4.69, 9.17) is 4.74 Å². The number of carbonyl (C=O) groups is 2. The summed E-state index contributed by atoms with van der Waals surface area (Å²) in [6.45, 7) is 5.36. The Balaban J connectivity index is 1.78. The van der Waals surface area contributed by atoms with E-state index >= 15 is 0 Å². The molecule has 1 atom stereocenters. The predicted octanol–water partition coefficient (Wildman–Crippen LogP) is 6.72. The molecule has 1 aliphatic heterocycles. The van der Waals surface area contributed by atoms with E-state index in [1.54, 1.807) is 49.9 Å². The lowest BCUT2D eigenvalue weighted by Gasteiger charge is -2.31. The highest BCUT2D eigenvalue weighted by Crippen LogP contribution is 2.50. The number of amides is 2. The first-order valence-electron chi connectivity index (χ1n) is 11.2. The number of anilines is 1. The summed E-state index contributed by atoms with van der Waals surface area (Å²) >= 11 is 0.967. The van der Waals surface area contributed by atoms with Crippen molar-refractivity contribution in [1.82, 2.24) is 5.32 Å². The summed E-state index contributed by atoms with van der Waals surface area (Å²) in [7, 11) is 0. The van der Waals surface area contributed by atoms with Crippen LogP contribution in [0.4, 0.5) is 23.7 Å². The normalized spacial score (nSPS) is 17.6. The first kappa shape index (κ1) is 25.6. The molecule has 9 heteroatoms. The number of nitrogens with zero attached hydrogens (tertiary/aromatic N) is 1. The number of carbonyl (C=O) groups excluding carboxylic acids is 2. The van der Waals surface area contributed by atoms with Crippen LogP contribution in [0.5, 0.6) is 0 Å². The van der Waals surface area contributed by atoms with Gasteiger partial charge in [-0.1, -0.05) is 60.3 Å². The van der Waals surface area contributed by atoms with Crippen LogP contribution in [0.15, 0.2) is 83.8 Å². The minimum absolute atomic E-state index is 0.252. The highest BCUT2D eigenvalue weighted by molar-refractivity contribution is 8.01. The van der Waals surface area contributed by atoms with Crippen molar-refractivity contribution < 1.29 is 27.5 Å². The van der Waals surface area contributed by atoms with Crippen LogP contribution in [0.2, 0.25) is 0 Å². The first-order valence-corrected chi connectivity index (χ1v) is 12.0. The first-order chi connectivity index (χ1) is 16.9. The fourth-order valence-electron chi connectivity index (χ4n) is 3.93. The number of alkyl halides is 3. The van der Waals surface area contributed by atoms with Gasteiger partial charge in [-0.05, 0) is 56.7 Å². The second kappa shape index (κ2) is 9.54. The van der Waals surface area contributed by atoms with Gasteiger partial charge < -0.3 is 9.64 Å². The number of thioether (sulfide) groups is 1. The number of para-hydroxylation sites is 1. The number of hydrogen-bond acceptors (Lipinski definition) is 4. The van der Waals surface area contributed by atoms with Gasteiger partial charge in [-0.15, -0.1) is 0 Å². The molecule has 1 heterocycles. The zero-order valence-corrected chi connectivity index (χ0v) is 20.7. The summed E-state index contributed by atoms with van der Waals surface area (Å²) < 4.78 is 44.8. The topological polar surface area (TPSA) is 58.6 Å². The van der Waals surface area contributed by atoms with E-state index < -0.39 is 34.2 Å². The van der Waals surface area contributed by atoms with Crippen molar-refractivity contribution in [2.75, 3.05) is 4.90 Å². The molecular formula is C27H25F3N2O3S.